The summed E-state index contributed by atoms with van der Waals surface area (Å²) in [4.78, 5) is 14.4. The minimum atomic E-state index is -0.0575. The van der Waals surface area contributed by atoms with E-state index >= 15 is 0 Å². The van der Waals surface area contributed by atoms with Crippen molar-refractivity contribution >= 4 is 56.2 Å². The van der Waals surface area contributed by atoms with Crippen molar-refractivity contribution in [1.82, 2.24) is 4.90 Å². The van der Waals surface area contributed by atoms with Gasteiger partial charge in [0.2, 0.25) is 0 Å². The molecule has 0 unspecified atom stereocenters. The van der Waals surface area contributed by atoms with Gasteiger partial charge in [-0.2, -0.15) is 0 Å². The van der Waals surface area contributed by atoms with E-state index in [0.717, 1.165) is 15.8 Å². The van der Waals surface area contributed by atoms with E-state index in [1.54, 1.807) is 11.0 Å². The molecule has 0 atom stereocenters. The Balaban J connectivity index is 1.88. The summed E-state index contributed by atoms with van der Waals surface area (Å²) in [5.74, 6) is 1.35. The van der Waals surface area contributed by atoms with Gasteiger partial charge in [0.1, 0.15) is 15.8 Å². The van der Waals surface area contributed by atoms with Gasteiger partial charge in [-0.1, -0.05) is 52.0 Å². The normalized spacial score (nSPS) is 16.8. The van der Waals surface area contributed by atoms with Crippen molar-refractivity contribution in [3.8, 4) is 11.3 Å². The van der Waals surface area contributed by atoms with Gasteiger partial charge in [-0.25, -0.2) is 0 Å². The fourth-order valence-electron chi connectivity index (χ4n) is 2.13. The molecule has 1 aromatic heterocycles. The summed E-state index contributed by atoms with van der Waals surface area (Å²) in [5.41, 5.74) is 0.982. The number of benzene rings is 1. The van der Waals surface area contributed by atoms with Gasteiger partial charge in [-0.3, -0.25) is 9.69 Å². The Bertz CT molecular complexity index is 782. The van der Waals surface area contributed by atoms with Crippen LogP contribution in [0.25, 0.3) is 17.4 Å². The fourth-order valence-corrected chi connectivity index (χ4v) is 3.89. The number of carbonyl (C=O) groups excluding carboxylic acids is 1. The number of halogens is 1. The molecule has 1 aliphatic rings. The Labute approximate surface area is 146 Å². The first-order chi connectivity index (χ1) is 10.6. The molecule has 2 heterocycles. The zero-order valence-electron chi connectivity index (χ0n) is 11.7. The summed E-state index contributed by atoms with van der Waals surface area (Å²) >= 11 is 9.95. The molecular formula is C16H12BrNO2S2. The first kappa shape index (κ1) is 15.5. The molecule has 2 aromatic rings. The van der Waals surface area contributed by atoms with Crippen LogP contribution >= 0.6 is 39.9 Å². The molecule has 3 nitrogen and oxygen atoms in total. The molecule has 0 aliphatic carbocycles. The molecule has 0 saturated carbocycles. The molecule has 1 aliphatic heterocycles. The van der Waals surface area contributed by atoms with Crippen molar-refractivity contribution in [3.63, 3.8) is 0 Å². The van der Waals surface area contributed by atoms with Crippen LogP contribution in [0.5, 0.6) is 0 Å². The number of hydrogen-bond acceptors (Lipinski definition) is 4. The van der Waals surface area contributed by atoms with E-state index in [9.17, 15) is 4.79 Å². The number of furan rings is 1. The first-order valence-electron chi connectivity index (χ1n) is 6.69. The molecule has 1 aromatic carbocycles. The molecule has 0 spiro atoms. The van der Waals surface area contributed by atoms with Gasteiger partial charge >= 0.3 is 0 Å². The van der Waals surface area contributed by atoms with Gasteiger partial charge in [-0.15, -0.1) is 0 Å². The summed E-state index contributed by atoms with van der Waals surface area (Å²) < 4.78 is 7.40. The maximum Gasteiger partial charge on any atom is 0.266 e. The molecule has 6 heteroatoms. The SMILES string of the molecule is CCN1C(=O)C(=Cc2ccc(-c3cccc(Br)c3)o2)SC1=S. The number of carbonyl (C=O) groups is 1. The monoisotopic (exact) mass is 393 g/mol. The molecule has 1 fully saturated rings. The van der Waals surface area contributed by atoms with Crippen molar-refractivity contribution < 1.29 is 9.21 Å². The Hall–Kier alpha value is -1.37. The highest BCUT2D eigenvalue weighted by Gasteiger charge is 2.30. The van der Waals surface area contributed by atoms with Crippen LogP contribution in [0.3, 0.4) is 0 Å². The summed E-state index contributed by atoms with van der Waals surface area (Å²) in [6, 6.07) is 11.6. The molecule has 0 radical (unpaired) electrons. The maximum atomic E-state index is 12.2. The minimum Gasteiger partial charge on any atom is -0.457 e. The summed E-state index contributed by atoms with van der Waals surface area (Å²) in [7, 11) is 0. The average molecular weight is 394 g/mol. The van der Waals surface area contributed by atoms with E-state index in [4.69, 9.17) is 16.6 Å². The van der Waals surface area contributed by atoms with Gasteiger partial charge in [-0.05, 0) is 31.2 Å². The first-order valence-corrected chi connectivity index (χ1v) is 8.71. The number of thiocarbonyl (C=S) groups is 1. The molecule has 0 bridgehead atoms. The lowest BCUT2D eigenvalue weighted by molar-refractivity contribution is -0.121. The molecular weight excluding hydrogens is 382 g/mol. The summed E-state index contributed by atoms with van der Waals surface area (Å²) in [6.07, 6.45) is 1.75. The van der Waals surface area contributed by atoms with Crippen LogP contribution in [0.4, 0.5) is 0 Å². The highest BCUT2D eigenvalue weighted by molar-refractivity contribution is 9.10. The van der Waals surface area contributed by atoms with Crippen molar-refractivity contribution in [1.29, 1.82) is 0 Å². The third kappa shape index (κ3) is 3.04. The fraction of sp³-hybridized carbons (Fsp3) is 0.125. The Morgan fingerprint density at radius 1 is 1.36 bits per heavy atom. The zero-order valence-corrected chi connectivity index (χ0v) is 14.9. The topological polar surface area (TPSA) is 33.5 Å². The van der Waals surface area contributed by atoms with E-state index in [1.807, 2.05) is 43.3 Å². The lowest BCUT2D eigenvalue weighted by Gasteiger charge is -2.09. The number of rotatable bonds is 3. The quantitative estimate of drug-likeness (QED) is 0.546. The van der Waals surface area contributed by atoms with Gasteiger partial charge < -0.3 is 4.42 Å². The average Bonchev–Trinajstić information content (AvgIpc) is 3.05. The van der Waals surface area contributed by atoms with E-state index in [-0.39, 0.29) is 5.91 Å². The van der Waals surface area contributed by atoms with Crippen LogP contribution in [0, 0.1) is 0 Å². The van der Waals surface area contributed by atoms with Crippen molar-refractivity contribution in [2.75, 3.05) is 6.54 Å². The third-order valence-corrected chi connectivity index (χ3v) is 5.07. The van der Waals surface area contributed by atoms with Crippen LogP contribution in [0.15, 0.2) is 50.2 Å². The van der Waals surface area contributed by atoms with Crippen LogP contribution in [-0.4, -0.2) is 21.7 Å². The van der Waals surface area contributed by atoms with Crippen LogP contribution in [-0.2, 0) is 4.79 Å². The smallest absolute Gasteiger partial charge is 0.266 e. The highest BCUT2D eigenvalue weighted by Crippen LogP contribution is 2.33. The molecule has 112 valence electrons. The van der Waals surface area contributed by atoms with Gasteiger partial charge in [0, 0.05) is 22.7 Å². The minimum absolute atomic E-state index is 0.0575. The lowest BCUT2D eigenvalue weighted by Crippen LogP contribution is -2.27. The summed E-state index contributed by atoms with van der Waals surface area (Å²) in [6.45, 7) is 2.50. The number of hydrogen-bond donors (Lipinski definition) is 0. The maximum absolute atomic E-state index is 12.2. The molecule has 0 N–H and O–H groups in total. The third-order valence-electron chi connectivity index (χ3n) is 3.20. The second-order valence-electron chi connectivity index (χ2n) is 4.64. The second kappa shape index (κ2) is 6.40. The van der Waals surface area contributed by atoms with E-state index < -0.39 is 0 Å². The molecule has 1 saturated heterocycles. The van der Waals surface area contributed by atoms with Crippen LogP contribution in [0.2, 0.25) is 0 Å². The zero-order chi connectivity index (χ0) is 15.7. The van der Waals surface area contributed by atoms with Crippen molar-refractivity contribution in [2.24, 2.45) is 0 Å². The highest BCUT2D eigenvalue weighted by atomic mass is 79.9. The largest absolute Gasteiger partial charge is 0.457 e. The number of amides is 1. The number of thioether (sulfide) groups is 1. The molecule has 1 amide bonds. The van der Waals surface area contributed by atoms with Gasteiger partial charge in [0.15, 0.2) is 0 Å². The Morgan fingerprint density at radius 2 is 2.18 bits per heavy atom. The van der Waals surface area contributed by atoms with Gasteiger partial charge in [0.05, 0.1) is 4.91 Å². The van der Waals surface area contributed by atoms with Crippen LogP contribution < -0.4 is 0 Å². The standard InChI is InChI=1S/C16H12BrNO2S2/c1-2-18-15(19)14(22-16(18)21)9-12-6-7-13(20-12)10-4-3-5-11(17)8-10/h3-9H,2H2,1H3. The van der Waals surface area contributed by atoms with E-state index in [1.165, 1.54) is 11.8 Å². The Morgan fingerprint density at radius 3 is 2.86 bits per heavy atom. The second-order valence-corrected chi connectivity index (χ2v) is 7.23. The van der Waals surface area contributed by atoms with Crippen LogP contribution in [0.1, 0.15) is 12.7 Å². The van der Waals surface area contributed by atoms with Crippen molar-refractivity contribution in [3.05, 3.63) is 51.5 Å². The van der Waals surface area contributed by atoms with Crippen molar-refractivity contribution in [2.45, 2.75) is 6.92 Å². The summed E-state index contributed by atoms with van der Waals surface area (Å²) in [5, 5.41) is 0. The number of nitrogens with zero attached hydrogens (tertiary/aromatic N) is 1. The van der Waals surface area contributed by atoms with E-state index in [2.05, 4.69) is 15.9 Å². The number of likely N-dealkylation sites (N-methyl/N-ethyl adjacent to an activating group) is 1. The molecule has 3 rings (SSSR count). The predicted molar refractivity (Wildman–Crippen MR) is 97.4 cm³/mol. The lowest BCUT2D eigenvalue weighted by atomic mass is 10.2. The predicted octanol–water partition coefficient (Wildman–Crippen LogP) is 4.93. The van der Waals surface area contributed by atoms with E-state index in [0.29, 0.717) is 21.5 Å². The van der Waals surface area contributed by atoms with Gasteiger partial charge in [0.25, 0.3) is 5.91 Å². The Kier molecular flexibility index (Phi) is 4.52. The molecule has 22 heavy (non-hydrogen) atoms.